The van der Waals surface area contributed by atoms with E-state index in [0.717, 1.165) is 18.2 Å². The number of carbonyl (C=O) groups is 1. The van der Waals surface area contributed by atoms with Crippen molar-refractivity contribution in [1.82, 2.24) is 4.72 Å². The third-order valence-electron chi connectivity index (χ3n) is 2.12. The summed E-state index contributed by atoms with van der Waals surface area (Å²) in [4.78, 5) is 11.8. The van der Waals surface area contributed by atoms with Crippen molar-refractivity contribution in [2.45, 2.75) is 20.3 Å². The molecule has 0 spiro atoms. The van der Waals surface area contributed by atoms with Crippen LogP contribution in [0.2, 0.25) is 0 Å². The van der Waals surface area contributed by atoms with Gasteiger partial charge < -0.3 is 4.74 Å². The minimum Gasteiger partial charge on any atom is -0.493 e. The summed E-state index contributed by atoms with van der Waals surface area (Å²) in [7, 11) is -3.57. The van der Waals surface area contributed by atoms with Crippen molar-refractivity contribution in [3.63, 3.8) is 0 Å². The Morgan fingerprint density at radius 2 is 2.06 bits per heavy atom. The Labute approximate surface area is 107 Å². The normalized spacial score (nSPS) is 11.1. The molecule has 1 N–H and O–H groups in total. The Bertz CT molecular complexity index is 537. The van der Waals surface area contributed by atoms with Crippen LogP contribution in [0, 0.1) is 6.92 Å². The monoisotopic (exact) mass is 271 g/mol. The van der Waals surface area contributed by atoms with E-state index in [0.29, 0.717) is 12.4 Å². The summed E-state index contributed by atoms with van der Waals surface area (Å²) in [5, 5.41) is 0. The molecule has 0 aliphatic rings. The molecule has 0 aliphatic heterocycles. The average molecular weight is 271 g/mol. The number of carbonyl (C=O) groups excluding carboxylic acids is 1. The lowest BCUT2D eigenvalue weighted by molar-refractivity contribution is 0.0977. The molecule has 0 bridgehead atoms. The second-order valence-electron chi connectivity index (χ2n) is 4.05. The van der Waals surface area contributed by atoms with Crippen molar-refractivity contribution in [1.29, 1.82) is 0 Å². The van der Waals surface area contributed by atoms with Gasteiger partial charge in [-0.1, -0.05) is 13.0 Å². The smallest absolute Gasteiger partial charge is 0.268 e. The zero-order valence-electron chi connectivity index (χ0n) is 10.7. The number of hydrogen-bond acceptors (Lipinski definition) is 4. The number of aryl methyl sites for hydroxylation is 1. The quantitative estimate of drug-likeness (QED) is 0.880. The molecule has 0 aromatic heterocycles. The van der Waals surface area contributed by atoms with E-state index in [1.165, 1.54) is 0 Å². The summed E-state index contributed by atoms with van der Waals surface area (Å²) in [5.74, 6) is -0.276. The van der Waals surface area contributed by atoms with Crippen LogP contribution in [0.25, 0.3) is 0 Å². The lowest BCUT2D eigenvalue weighted by atomic mass is 10.1. The van der Waals surface area contributed by atoms with Crippen LogP contribution < -0.4 is 9.46 Å². The molecule has 5 nitrogen and oxygen atoms in total. The Balaban J connectivity index is 3.03. The summed E-state index contributed by atoms with van der Waals surface area (Å²) < 4.78 is 29.4. The maximum absolute atomic E-state index is 11.8. The van der Waals surface area contributed by atoms with E-state index in [4.69, 9.17) is 4.74 Å². The van der Waals surface area contributed by atoms with Crippen LogP contribution in [0.3, 0.4) is 0 Å². The van der Waals surface area contributed by atoms with Gasteiger partial charge in [0.15, 0.2) is 0 Å². The molecule has 0 unspecified atom stereocenters. The van der Waals surface area contributed by atoms with Gasteiger partial charge in [-0.15, -0.1) is 0 Å². The molecule has 1 aromatic rings. The third kappa shape index (κ3) is 4.37. The number of ether oxygens (including phenoxy) is 1. The van der Waals surface area contributed by atoms with E-state index in [2.05, 4.69) is 0 Å². The summed E-state index contributed by atoms with van der Waals surface area (Å²) in [6.45, 7) is 4.30. The number of amides is 1. The Kier molecular flexibility index (Phi) is 4.72. The predicted molar refractivity (Wildman–Crippen MR) is 69.3 cm³/mol. The largest absolute Gasteiger partial charge is 0.493 e. The first-order valence-electron chi connectivity index (χ1n) is 5.59. The minimum atomic E-state index is -3.57. The SMILES string of the molecule is CCCOc1cc(C)ccc1C(=O)NS(C)(=O)=O. The molecule has 0 saturated carbocycles. The van der Waals surface area contributed by atoms with Crippen molar-refractivity contribution in [3.8, 4) is 5.75 Å². The summed E-state index contributed by atoms with van der Waals surface area (Å²) in [5.41, 5.74) is 1.16. The number of benzene rings is 1. The van der Waals surface area contributed by atoms with Crippen molar-refractivity contribution in [2.75, 3.05) is 12.9 Å². The predicted octanol–water partition coefficient (Wildman–Crippen LogP) is 1.47. The molecular formula is C12H17NO4S. The maximum atomic E-state index is 11.8. The van der Waals surface area contributed by atoms with Crippen LogP contribution in [0.15, 0.2) is 18.2 Å². The zero-order chi connectivity index (χ0) is 13.8. The number of sulfonamides is 1. The van der Waals surface area contributed by atoms with Gasteiger partial charge in [0.1, 0.15) is 5.75 Å². The van der Waals surface area contributed by atoms with Crippen LogP contribution in [0.5, 0.6) is 5.75 Å². The fourth-order valence-electron chi connectivity index (χ4n) is 1.37. The van der Waals surface area contributed by atoms with Crippen LogP contribution in [-0.2, 0) is 10.0 Å². The van der Waals surface area contributed by atoms with Crippen LogP contribution in [-0.4, -0.2) is 27.2 Å². The fraction of sp³-hybridized carbons (Fsp3) is 0.417. The highest BCUT2D eigenvalue weighted by molar-refractivity contribution is 7.89. The molecule has 0 atom stereocenters. The van der Waals surface area contributed by atoms with Crippen LogP contribution >= 0.6 is 0 Å². The maximum Gasteiger partial charge on any atom is 0.268 e. The van der Waals surface area contributed by atoms with Crippen LogP contribution in [0.1, 0.15) is 29.3 Å². The van der Waals surface area contributed by atoms with E-state index in [1.807, 2.05) is 18.6 Å². The van der Waals surface area contributed by atoms with E-state index in [-0.39, 0.29) is 5.56 Å². The van der Waals surface area contributed by atoms with Gasteiger partial charge >= 0.3 is 0 Å². The molecule has 18 heavy (non-hydrogen) atoms. The van der Waals surface area contributed by atoms with Gasteiger partial charge in [-0.3, -0.25) is 4.79 Å². The average Bonchev–Trinajstić information content (AvgIpc) is 2.23. The number of rotatable bonds is 5. The van der Waals surface area contributed by atoms with Crippen molar-refractivity contribution < 1.29 is 17.9 Å². The molecule has 100 valence electrons. The highest BCUT2D eigenvalue weighted by Gasteiger charge is 2.16. The summed E-state index contributed by atoms with van der Waals surface area (Å²) in [6, 6.07) is 5.00. The molecule has 0 fully saturated rings. The molecule has 1 rings (SSSR count). The lowest BCUT2D eigenvalue weighted by Gasteiger charge is -2.11. The van der Waals surface area contributed by atoms with Gasteiger partial charge in [-0.25, -0.2) is 13.1 Å². The highest BCUT2D eigenvalue weighted by atomic mass is 32.2. The molecule has 6 heteroatoms. The molecule has 1 aromatic carbocycles. The van der Waals surface area contributed by atoms with Gasteiger partial charge in [0.25, 0.3) is 5.91 Å². The van der Waals surface area contributed by atoms with Crippen LogP contribution in [0.4, 0.5) is 0 Å². The second kappa shape index (κ2) is 5.86. The van der Waals surface area contributed by atoms with Gasteiger partial charge in [0, 0.05) is 0 Å². The molecular weight excluding hydrogens is 254 g/mol. The van der Waals surface area contributed by atoms with Crippen molar-refractivity contribution >= 4 is 15.9 Å². The van der Waals surface area contributed by atoms with Crippen molar-refractivity contribution in [3.05, 3.63) is 29.3 Å². The van der Waals surface area contributed by atoms with E-state index in [9.17, 15) is 13.2 Å². The lowest BCUT2D eigenvalue weighted by Crippen LogP contribution is -2.29. The minimum absolute atomic E-state index is 0.222. The molecule has 0 aliphatic carbocycles. The summed E-state index contributed by atoms with van der Waals surface area (Å²) in [6.07, 6.45) is 1.74. The number of hydrogen-bond donors (Lipinski definition) is 1. The Morgan fingerprint density at radius 3 is 2.61 bits per heavy atom. The molecule has 0 saturated heterocycles. The van der Waals surface area contributed by atoms with Gasteiger partial charge in [0.2, 0.25) is 10.0 Å². The first-order valence-corrected chi connectivity index (χ1v) is 7.48. The van der Waals surface area contributed by atoms with E-state index in [1.54, 1.807) is 18.2 Å². The third-order valence-corrected chi connectivity index (χ3v) is 2.68. The number of nitrogens with one attached hydrogen (secondary N) is 1. The molecule has 0 heterocycles. The Hall–Kier alpha value is -1.56. The van der Waals surface area contributed by atoms with Gasteiger partial charge in [-0.05, 0) is 31.0 Å². The molecule has 0 radical (unpaired) electrons. The van der Waals surface area contributed by atoms with Crippen molar-refractivity contribution in [2.24, 2.45) is 0 Å². The van der Waals surface area contributed by atoms with Gasteiger partial charge in [0.05, 0.1) is 18.4 Å². The Morgan fingerprint density at radius 1 is 1.39 bits per heavy atom. The second-order valence-corrected chi connectivity index (χ2v) is 5.80. The first kappa shape index (κ1) is 14.5. The highest BCUT2D eigenvalue weighted by Crippen LogP contribution is 2.20. The molecule has 1 amide bonds. The standard InChI is InChI=1S/C12H17NO4S/c1-4-7-17-11-8-9(2)5-6-10(11)12(14)13-18(3,15)16/h5-6,8H,4,7H2,1-3H3,(H,13,14). The first-order chi connectivity index (χ1) is 8.33. The topological polar surface area (TPSA) is 72.5 Å². The van der Waals surface area contributed by atoms with Gasteiger partial charge in [-0.2, -0.15) is 0 Å². The zero-order valence-corrected chi connectivity index (χ0v) is 11.5. The summed E-state index contributed by atoms with van der Waals surface area (Å²) >= 11 is 0. The fourth-order valence-corrected chi connectivity index (χ4v) is 1.82. The van der Waals surface area contributed by atoms with E-state index >= 15 is 0 Å². The van der Waals surface area contributed by atoms with E-state index < -0.39 is 15.9 Å².